The van der Waals surface area contributed by atoms with Gasteiger partial charge in [-0.15, -0.1) is 0 Å². The largest absolute Gasteiger partial charge is 0.467 e. The van der Waals surface area contributed by atoms with Gasteiger partial charge in [0.2, 0.25) is 5.95 Å². The molecule has 0 saturated heterocycles. The van der Waals surface area contributed by atoms with Crippen LogP contribution in [0.2, 0.25) is 0 Å². The highest BCUT2D eigenvalue weighted by Crippen LogP contribution is 2.37. The number of likely N-dealkylation sites (N-methyl/N-ethyl adjacent to an activating group) is 1. The second-order valence-electron chi connectivity index (χ2n) is 11.8. The van der Waals surface area contributed by atoms with Crippen molar-refractivity contribution >= 4 is 27.7 Å². The molecule has 1 aliphatic rings. The first-order chi connectivity index (χ1) is 23.7. The SMILES string of the molecule is COc1ncc(-c2cnc(N(C(=O)OCCN(C)C)C3CCC(Nc4ncc(C(F)(F)F)c(-c5cncc(S(C)(=O)=O)c5)n4)CC3)cn2)cn1. The maximum absolute atomic E-state index is 13.9. The van der Waals surface area contributed by atoms with E-state index in [0.29, 0.717) is 49.7 Å². The number of aromatic nitrogens is 7. The molecule has 0 spiro atoms. The fourth-order valence-corrected chi connectivity index (χ4v) is 5.85. The number of sulfone groups is 1. The van der Waals surface area contributed by atoms with Crippen molar-refractivity contribution in [3.63, 3.8) is 0 Å². The van der Waals surface area contributed by atoms with Gasteiger partial charge >= 0.3 is 18.3 Å². The number of rotatable bonds is 11. The zero-order chi connectivity index (χ0) is 36.1. The molecule has 4 aromatic heterocycles. The summed E-state index contributed by atoms with van der Waals surface area (Å²) < 4.78 is 76.5. The van der Waals surface area contributed by atoms with Crippen LogP contribution in [-0.4, -0.2) is 107 Å². The summed E-state index contributed by atoms with van der Waals surface area (Å²) in [6.45, 7) is 0.673. The van der Waals surface area contributed by atoms with Crippen LogP contribution in [0.15, 0.2) is 54.3 Å². The van der Waals surface area contributed by atoms with Crippen molar-refractivity contribution in [2.75, 3.05) is 50.8 Å². The molecule has 0 aromatic carbocycles. The predicted molar refractivity (Wildman–Crippen MR) is 175 cm³/mol. The number of hydrogen-bond acceptors (Lipinski definition) is 14. The van der Waals surface area contributed by atoms with Gasteiger partial charge in [0.25, 0.3) is 0 Å². The van der Waals surface area contributed by atoms with Crippen LogP contribution < -0.4 is 15.0 Å². The summed E-state index contributed by atoms with van der Waals surface area (Å²) in [5.74, 6) is 0.222. The van der Waals surface area contributed by atoms with Gasteiger partial charge in [0, 0.05) is 67.0 Å². The molecule has 1 amide bonds. The van der Waals surface area contributed by atoms with Crippen molar-refractivity contribution in [3.05, 3.63) is 55.0 Å². The van der Waals surface area contributed by atoms with E-state index < -0.39 is 33.4 Å². The quantitative estimate of drug-likeness (QED) is 0.234. The van der Waals surface area contributed by atoms with Gasteiger partial charge in [-0.3, -0.25) is 14.9 Å². The van der Waals surface area contributed by atoms with Crippen LogP contribution in [0.25, 0.3) is 22.5 Å². The van der Waals surface area contributed by atoms with Crippen LogP contribution in [0.5, 0.6) is 6.01 Å². The lowest BCUT2D eigenvalue weighted by atomic mass is 9.90. The molecule has 1 aliphatic carbocycles. The van der Waals surface area contributed by atoms with Crippen LogP contribution in [0.3, 0.4) is 0 Å². The summed E-state index contributed by atoms with van der Waals surface area (Å²) in [6.07, 6.45) is 6.45. The summed E-state index contributed by atoms with van der Waals surface area (Å²) >= 11 is 0. The van der Waals surface area contributed by atoms with Crippen molar-refractivity contribution in [1.29, 1.82) is 0 Å². The fourth-order valence-electron chi connectivity index (χ4n) is 5.25. The van der Waals surface area contributed by atoms with Gasteiger partial charge in [0.15, 0.2) is 15.7 Å². The fraction of sp³-hybridized carbons (Fsp3) is 0.419. The van der Waals surface area contributed by atoms with E-state index in [9.17, 15) is 26.4 Å². The third kappa shape index (κ3) is 8.94. The first-order valence-electron chi connectivity index (χ1n) is 15.4. The Bertz CT molecular complexity index is 1890. The van der Waals surface area contributed by atoms with Crippen molar-refractivity contribution in [2.24, 2.45) is 0 Å². The number of pyridine rings is 1. The molecule has 266 valence electrons. The molecular weight excluding hydrogens is 681 g/mol. The van der Waals surface area contributed by atoms with E-state index in [-0.39, 0.29) is 46.9 Å². The third-order valence-electron chi connectivity index (χ3n) is 7.86. The first-order valence-corrected chi connectivity index (χ1v) is 17.3. The molecule has 0 atom stereocenters. The van der Waals surface area contributed by atoms with E-state index in [2.05, 4.69) is 40.2 Å². The molecule has 1 fully saturated rings. The second-order valence-corrected chi connectivity index (χ2v) is 13.8. The second kappa shape index (κ2) is 15.2. The summed E-state index contributed by atoms with van der Waals surface area (Å²) in [5.41, 5.74) is -0.667. The number of nitrogens with one attached hydrogen (secondary N) is 1. The lowest BCUT2D eigenvalue weighted by molar-refractivity contribution is -0.137. The Kier molecular flexibility index (Phi) is 11.0. The average Bonchev–Trinajstić information content (AvgIpc) is 3.08. The standard InChI is InChI=1S/C31H35F3N10O5S/c1-43(2)9-10-49-30(45)44(26-18-36-25(17-37-26)20-13-39-29(48-3)40-14-20)22-7-5-21(6-8-22)41-28-38-16-24(31(32,33)34)27(42-28)19-11-23(15-35-12-19)50(4,46)47/h11-18,21-22H,5-10H2,1-4H3,(H,38,41,42). The number of hydrogen-bond donors (Lipinski definition) is 1. The van der Waals surface area contributed by atoms with Crippen LogP contribution in [0.1, 0.15) is 31.2 Å². The van der Waals surface area contributed by atoms with Gasteiger partial charge in [-0.05, 0) is 45.8 Å². The van der Waals surface area contributed by atoms with Crippen LogP contribution >= 0.6 is 0 Å². The van der Waals surface area contributed by atoms with E-state index in [1.807, 2.05) is 19.0 Å². The summed E-state index contributed by atoms with van der Waals surface area (Å²) in [7, 11) is 1.44. The minimum atomic E-state index is -4.80. The zero-order valence-electron chi connectivity index (χ0n) is 27.6. The Morgan fingerprint density at radius 1 is 0.940 bits per heavy atom. The molecular formula is C31H35F3N10O5S. The Hall–Kier alpha value is -5.04. The number of amides is 1. The Labute approximate surface area is 286 Å². The number of carbonyl (C=O) groups excluding carboxylic acids is 1. The number of carbonyl (C=O) groups is 1. The average molecular weight is 717 g/mol. The molecule has 5 rings (SSSR count). The smallest absolute Gasteiger partial charge is 0.419 e. The highest BCUT2D eigenvalue weighted by molar-refractivity contribution is 7.90. The van der Waals surface area contributed by atoms with Crippen molar-refractivity contribution in [2.45, 2.75) is 48.8 Å². The summed E-state index contributed by atoms with van der Waals surface area (Å²) in [5, 5.41) is 3.11. The lowest BCUT2D eigenvalue weighted by Gasteiger charge is -2.35. The maximum Gasteiger partial charge on any atom is 0.419 e. The number of nitrogens with zero attached hydrogens (tertiary/aromatic N) is 9. The highest BCUT2D eigenvalue weighted by atomic mass is 32.2. The van der Waals surface area contributed by atoms with Crippen LogP contribution in [0, 0.1) is 0 Å². The minimum absolute atomic E-state index is 0.0647. The molecule has 1 saturated carbocycles. The van der Waals surface area contributed by atoms with Gasteiger partial charge in [0.05, 0.1) is 35.8 Å². The van der Waals surface area contributed by atoms with Crippen molar-refractivity contribution in [3.8, 4) is 28.5 Å². The van der Waals surface area contributed by atoms with Gasteiger partial charge < -0.3 is 19.7 Å². The highest BCUT2D eigenvalue weighted by Gasteiger charge is 2.37. The molecule has 4 aromatic rings. The summed E-state index contributed by atoms with van der Waals surface area (Å²) in [6, 6.07) is 0.739. The van der Waals surface area contributed by atoms with Gasteiger partial charge in [-0.2, -0.15) is 13.2 Å². The summed E-state index contributed by atoms with van der Waals surface area (Å²) in [4.78, 5) is 45.6. The molecule has 50 heavy (non-hydrogen) atoms. The van der Waals surface area contributed by atoms with E-state index >= 15 is 0 Å². The number of ether oxygens (including phenoxy) is 2. The van der Waals surface area contributed by atoms with Crippen LogP contribution in [-0.2, 0) is 20.8 Å². The number of halogens is 3. The normalized spacial score (nSPS) is 16.6. The van der Waals surface area contributed by atoms with Gasteiger partial charge in [-0.1, -0.05) is 0 Å². The molecule has 15 nitrogen and oxygen atoms in total. The van der Waals surface area contributed by atoms with Gasteiger partial charge in [0.1, 0.15) is 12.2 Å². The first kappa shape index (κ1) is 36.2. The van der Waals surface area contributed by atoms with E-state index in [0.717, 1.165) is 24.7 Å². The Balaban J connectivity index is 1.33. The Morgan fingerprint density at radius 2 is 1.66 bits per heavy atom. The van der Waals surface area contributed by atoms with Gasteiger partial charge in [-0.25, -0.2) is 38.1 Å². The topological polar surface area (TPSA) is 178 Å². The molecule has 19 heteroatoms. The molecule has 0 aliphatic heterocycles. The lowest BCUT2D eigenvalue weighted by Crippen LogP contribution is -2.45. The number of anilines is 2. The monoisotopic (exact) mass is 716 g/mol. The van der Waals surface area contributed by atoms with Crippen LogP contribution in [0.4, 0.5) is 29.7 Å². The minimum Gasteiger partial charge on any atom is -0.467 e. The molecule has 4 heterocycles. The van der Waals surface area contributed by atoms with Crippen molar-refractivity contribution < 1.29 is 35.9 Å². The van der Waals surface area contributed by atoms with Crippen molar-refractivity contribution in [1.82, 2.24) is 39.8 Å². The van der Waals surface area contributed by atoms with E-state index in [4.69, 9.17) is 9.47 Å². The number of methoxy groups -OCH3 is 1. The zero-order valence-corrected chi connectivity index (χ0v) is 28.4. The molecule has 0 bridgehead atoms. The number of alkyl halides is 3. The predicted octanol–water partition coefficient (Wildman–Crippen LogP) is 4.14. The Morgan fingerprint density at radius 3 is 2.26 bits per heavy atom. The van der Waals surface area contributed by atoms with E-state index in [1.165, 1.54) is 24.4 Å². The van der Waals surface area contributed by atoms with E-state index in [1.54, 1.807) is 12.4 Å². The molecule has 1 N–H and O–H groups in total. The third-order valence-corrected chi connectivity index (χ3v) is 8.94. The maximum atomic E-state index is 13.9. The molecule has 0 radical (unpaired) electrons. The molecule has 0 unspecified atom stereocenters.